The molecule has 2 N–H and O–H groups in total. The van der Waals surface area contributed by atoms with E-state index in [9.17, 15) is 22.0 Å². The number of hydrogen-bond acceptors (Lipinski definition) is 4. The number of sulfonamides is 1. The van der Waals surface area contributed by atoms with E-state index in [1.807, 2.05) is 0 Å². The summed E-state index contributed by atoms with van der Waals surface area (Å²) in [6.07, 6.45) is 0. The van der Waals surface area contributed by atoms with Crippen molar-refractivity contribution in [2.24, 2.45) is 0 Å². The lowest BCUT2D eigenvalue weighted by Crippen LogP contribution is -2.40. The van der Waals surface area contributed by atoms with Crippen molar-refractivity contribution in [1.29, 1.82) is 0 Å². The van der Waals surface area contributed by atoms with E-state index < -0.39 is 28.1 Å². The van der Waals surface area contributed by atoms with Crippen LogP contribution in [0.5, 0.6) is 5.75 Å². The molecule has 2 aromatic carbocycles. The predicted octanol–water partition coefficient (Wildman–Crippen LogP) is 3.62. The third-order valence-electron chi connectivity index (χ3n) is 3.19. The Hall–Kier alpha value is -2.52. The molecule has 27 heavy (non-hydrogen) atoms. The highest BCUT2D eigenvalue weighted by molar-refractivity contribution is 7.89. The van der Waals surface area contributed by atoms with E-state index in [2.05, 4.69) is 14.8 Å². The van der Waals surface area contributed by atoms with E-state index in [1.54, 1.807) is 26.8 Å². The molecule has 0 bridgehead atoms. The summed E-state index contributed by atoms with van der Waals surface area (Å²) < 4.78 is 56.6. The largest absolute Gasteiger partial charge is 0.435 e. The van der Waals surface area contributed by atoms with Gasteiger partial charge in [0.2, 0.25) is 10.0 Å². The summed E-state index contributed by atoms with van der Waals surface area (Å²) >= 11 is 0. The molecule has 2 rings (SSSR count). The van der Waals surface area contributed by atoms with E-state index in [0.29, 0.717) is 0 Å². The number of carbonyl (C=O) groups excluding carboxylic acids is 1. The van der Waals surface area contributed by atoms with Gasteiger partial charge in [-0.1, -0.05) is 18.2 Å². The number of ether oxygens (including phenoxy) is 1. The third kappa shape index (κ3) is 6.00. The number of halogens is 2. The van der Waals surface area contributed by atoms with Crippen LogP contribution in [0.2, 0.25) is 0 Å². The van der Waals surface area contributed by atoms with Gasteiger partial charge in [0.05, 0.1) is 5.69 Å². The van der Waals surface area contributed by atoms with Crippen molar-refractivity contribution in [3.8, 4) is 5.75 Å². The number of benzene rings is 2. The number of rotatable bonds is 6. The first kappa shape index (κ1) is 20.8. The Balaban J connectivity index is 2.30. The molecule has 1 amide bonds. The molecule has 0 fully saturated rings. The van der Waals surface area contributed by atoms with Crippen LogP contribution in [0.1, 0.15) is 31.1 Å². The Morgan fingerprint density at radius 3 is 2.37 bits per heavy atom. The van der Waals surface area contributed by atoms with Crippen LogP contribution in [-0.4, -0.2) is 26.5 Å². The van der Waals surface area contributed by atoms with Crippen molar-refractivity contribution in [3.63, 3.8) is 0 Å². The Labute approximate surface area is 156 Å². The zero-order valence-corrected chi connectivity index (χ0v) is 15.8. The van der Waals surface area contributed by atoms with Crippen LogP contribution in [0.4, 0.5) is 14.5 Å². The molecule has 0 saturated heterocycles. The summed E-state index contributed by atoms with van der Waals surface area (Å²) in [5, 5.41) is 2.50. The summed E-state index contributed by atoms with van der Waals surface area (Å²) in [5.41, 5.74) is -0.597. The zero-order valence-electron chi connectivity index (χ0n) is 15.0. The van der Waals surface area contributed by atoms with Crippen LogP contribution < -0.4 is 14.8 Å². The van der Waals surface area contributed by atoms with Gasteiger partial charge in [-0.15, -0.1) is 0 Å². The van der Waals surface area contributed by atoms with Crippen LogP contribution in [0, 0.1) is 0 Å². The molecule has 9 heteroatoms. The average molecular weight is 398 g/mol. The second-order valence-electron chi connectivity index (χ2n) is 6.71. The number of hydrogen-bond donors (Lipinski definition) is 2. The SMILES string of the molecule is CC(C)(C)NS(=O)(=O)c1ccccc1NC(=O)c1cccc(OC(F)F)c1. The first-order valence-electron chi connectivity index (χ1n) is 7.97. The molecule has 6 nitrogen and oxygen atoms in total. The molecule has 0 radical (unpaired) electrons. The van der Waals surface area contributed by atoms with Crippen molar-refractivity contribution < 1.29 is 26.7 Å². The van der Waals surface area contributed by atoms with Gasteiger partial charge in [0.25, 0.3) is 5.91 Å². The second kappa shape index (κ2) is 8.01. The second-order valence-corrected chi connectivity index (χ2v) is 8.36. The minimum atomic E-state index is -3.89. The molecule has 146 valence electrons. The summed E-state index contributed by atoms with van der Waals surface area (Å²) in [6, 6.07) is 11.1. The molecule has 0 heterocycles. The van der Waals surface area contributed by atoms with Gasteiger partial charge in [0.1, 0.15) is 10.6 Å². The Morgan fingerprint density at radius 2 is 1.74 bits per heavy atom. The van der Waals surface area contributed by atoms with Gasteiger partial charge in [-0.2, -0.15) is 8.78 Å². The van der Waals surface area contributed by atoms with Crippen molar-refractivity contribution in [3.05, 3.63) is 54.1 Å². The Morgan fingerprint density at radius 1 is 1.07 bits per heavy atom. The molecule has 0 aliphatic carbocycles. The minimum absolute atomic E-state index is 0.0455. The lowest BCUT2D eigenvalue weighted by atomic mass is 10.1. The van der Waals surface area contributed by atoms with Gasteiger partial charge >= 0.3 is 6.61 Å². The van der Waals surface area contributed by atoms with Gasteiger partial charge < -0.3 is 10.1 Å². The number of alkyl halides is 2. The predicted molar refractivity (Wildman–Crippen MR) is 97.5 cm³/mol. The fourth-order valence-corrected chi connectivity index (χ4v) is 3.85. The molecule has 0 atom stereocenters. The van der Waals surface area contributed by atoms with Crippen molar-refractivity contribution in [2.45, 2.75) is 37.8 Å². The number of para-hydroxylation sites is 1. The molecule has 0 spiro atoms. The highest BCUT2D eigenvalue weighted by Gasteiger charge is 2.25. The van der Waals surface area contributed by atoms with Crippen LogP contribution in [0.3, 0.4) is 0 Å². The maximum atomic E-state index is 12.6. The minimum Gasteiger partial charge on any atom is -0.435 e. The molecule has 0 aliphatic rings. The highest BCUT2D eigenvalue weighted by Crippen LogP contribution is 2.24. The van der Waals surface area contributed by atoms with E-state index in [0.717, 1.165) is 6.07 Å². The van der Waals surface area contributed by atoms with Crippen LogP contribution in [0.15, 0.2) is 53.4 Å². The van der Waals surface area contributed by atoms with Crippen molar-refractivity contribution in [1.82, 2.24) is 4.72 Å². The summed E-state index contributed by atoms with van der Waals surface area (Å²) in [7, 11) is -3.89. The lowest BCUT2D eigenvalue weighted by molar-refractivity contribution is -0.0498. The van der Waals surface area contributed by atoms with Crippen molar-refractivity contribution >= 4 is 21.6 Å². The maximum absolute atomic E-state index is 12.6. The standard InChI is InChI=1S/C18H20F2N2O4S/c1-18(2,3)22-27(24,25)15-10-5-4-9-14(15)21-16(23)12-7-6-8-13(11-12)26-17(19)20/h4-11,17,22H,1-3H3,(H,21,23). The third-order valence-corrected chi connectivity index (χ3v) is 5.00. The molecule has 0 aromatic heterocycles. The maximum Gasteiger partial charge on any atom is 0.387 e. The van der Waals surface area contributed by atoms with Crippen LogP contribution in [-0.2, 0) is 10.0 Å². The Bertz CT molecular complexity index is 925. The Kier molecular flexibility index (Phi) is 6.17. The fourth-order valence-electron chi connectivity index (χ4n) is 2.27. The molecule has 0 saturated carbocycles. The van der Waals surface area contributed by atoms with Crippen LogP contribution >= 0.6 is 0 Å². The number of amides is 1. The normalized spacial score (nSPS) is 12.1. The van der Waals surface area contributed by atoms with Crippen LogP contribution in [0.25, 0.3) is 0 Å². The zero-order chi connectivity index (χ0) is 20.2. The molecular weight excluding hydrogens is 378 g/mol. The summed E-state index contributed by atoms with van der Waals surface area (Å²) in [5.74, 6) is -0.832. The first-order valence-corrected chi connectivity index (χ1v) is 9.45. The average Bonchev–Trinajstić information content (AvgIpc) is 2.52. The van der Waals surface area contributed by atoms with E-state index >= 15 is 0 Å². The van der Waals surface area contributed by atoms with Gasteiger partial charge in [-0.05, 0) is 51.1 Å². The fraction of sp³-hybridized carbons (Fsp3) is 0.278. The molecule has 2 aromatic rings. The quantitative estimate of drug-likeness (QED) is 0.778. The summed E-state index contributed by atoms with van der Waals surface area (Å²) in [4.78, 5) is 12.3. The lowest BCUT2D eigenvalue weighted by Gasteiger charge is -2.21. The first-order chi connectivity index (χ1) is 12.5. The van der Waals surface area contributed by atoms with Gasteiger partial charge in [-0.25, -0.2) is 13.1 Å². The van der Waals surface area contributed by atoms with Gasteiger partial charge in [0, 0.05) is 11.1 Å². The van der Waals surface area contributed by atoms with E-state index in [4.69, 9.17) is 0 Å². The molecular formula is C18H20F2N2O4S. The molecule has 0 unspecified atom stereocenters. The number of nitrogens with one attached hydrogen (secondary N) is 2. The van der Waals surface area contributed by atoms with Crippen molar-refractivity contribution in [2.75, 3.05) is 5.32 Å². The highest BCUT2D eigenvalue weighted by atomic mass is 32.2. The number of carbonyl (C=O) groups is 1. The van der Waals surface area contributed by atoms with Gasteiger partial charge in [-0.3, -0.25) is 4.79 Å². The van der Waals surface area contributed by atoms with E-state index in [1.165, 1.54) is 36.4 Å². The summed E-state index contributed by atoms with van der Waals surface area (Å²) in [6.45, 7) is 2.07. The molecule has 0 aliphatic heterocycles. The topological polar surface area (TPSA) is 84.5 Å². The van der Waals surface area contributed by atoms with E-state index in [-0.39, 0.29) is 21.9 Å². The van der Waals surface area contributed by atoms with Gasteiger partial charge in [0.15, 0.2) is 0 Å². The smallest absolute Gasteiger partial charge is 0.387 e. The monoisotopic (exact) mass is 398 g/mol. The number of anilines is 1.